The van der Waals surface area contributed by atoms with Gasteiger partial charge in [0.1, 0.15) is 34.3 Å². The molecule has 0 bridgehead atoms. The summed E-state index contributed by atoms with van der Waals surface area (Å²) in [6.45, 7) is 3.04. The van der Waals surface area contributed by atoms with Crippen LogP contribution in [0.15, 0.2) is 34.7 Å². The molecular weight excluding hydrogens is 432 g/mol. The zero-order valence-electron chi connectivity index (χ0n) is 16.4. The summed E-state index contributed by atoms with van der Waals surface area (Å²) in [4.78, 5) is 11.2. The second kappa shape index (κ2) is 9.23. The molecular formula is C21H18N6O2S2. The summed E-state index contributed by atoms with van der Waals surface area (Å²) in [7, 11) is 0. The standard InChI is InChI=1S/C21H18N6O2S2/c22-9-16-18(13-1-3-15(28)4-2-13)17(10-23)20(26-19(16)24)30-11-14-12-31-21(25-14)27-5-7-29-8-6-27/h1-4,12,28H,5-8,11H2,(H2,24,26). The van der Waals surface area contributed by atoms with Crippen LogP contribution in [-0.2, 0) is 10.5 Å². The highest BCUT2D eigenvalue weighted by Gasteiger charge is 2.21. The third kappa shape index (κ3) is 4.42. The zero-order valence-corrected chi connectivity index (χ0v) is 18.0. The third-order valence-corrected chi connectivity index (χ3v) is 6.71. The van der Waals surface area contributed by atoms with Crippen LogP contribution in [0.5, 0.6) is 5.75 Å². The Morgan fingerprint density at radius 2 is 1.84 bits per heavy atom. The maximum atomic E-state index is 9.86. The van der Waals surface area contributed by atoms with E-state index in [1.807, 2.05) is 5.38 Å². The minimum atomic E-state index is 0.0689. The van der Waals surface area contributed by atoms with Gasteiger partial charge in [-0.1, -0.05) is 23.9 Å². The molecule has 1 saturated heterocycles. The van der Waals surface area contributed by atoms with Crippen molar-refractivity contribution in [2.24, 2.45) is 0 Å². The predicted molar refractivity (Wildman–Crippen MR) is 120 cm³/mol. The van der Waals surface area contributed by atoms with E-state index in [-0.39, 0.29) is 22.7 Å². The molecule has 3 heterocycles. The summed E-state index contributed by atoms with van der Waals surface area (Å²) >= 11 is 2.94. The molecule has 31 heavy (non-hydrogen) atoms. The number of hydrogen-bond donors (Lipinski definition) is 2. The van der Waals surface area contributed by atoms with E-state index in [4.69, 9.17) is 15.5 Å². The van der Waals surface area contributed by atoms with Gasteiger partial charge in [-0.15, -0.1) is 11.3 Å². The number of phenolic OH excluding ortho intramolecular Hbond substituents is 1. The van der Waals surface area contributed by atoms with Crippen molar-refractivity contribution < 1.29 is 9.84 Å². The number of thioether (sulfide) groups is 1. The SMILES string of the molecule is N#Cc1c(N)nc(SCc2csc(N3CCOCC3)n2)c(C#N)c1-c1ccc(O)cc1. The highest BCUT2D eigenvalue weighted by atomic mass is 32.2. The molecule has 8 nitrogen and oxygen atoms in total. The fourth-order valence-corrected chi connectivity index (χ4v) is 5.10. The maximum absolute atomic E-state index is 9.86. The average molecular weight is 451 g/mol. The van der Waals surface area contributed by atoms with Gasteiger partial charge < -0.3 is 20.5 Å². The van der Waals surface area contributed by atoms with Gasteiger partial charge in [0.05, 0.1) is 24.5 Å². The lowest BCUT2D eigenvalue weighted by Crippen LogP contribution is -2.36. The van der Waals surface area contributed by atoms with Gasteiger partial charge in [-0.05, 0) is 17.7 Å². The van der Waals surface area contributed by atoms with Crippen molar-refractivity contribution in [2.45, 2.75) is 10.8 Å². The number of ether oxygens (including phenoxy) is 1. The van der Waals surface area contributed by atoms with E-state index in [9.17, 15) is 15.6 Å². The molecule has 156 valence electrons. The average Bonchev–Trinajstić information content (AvgIpc) is 3.27. The molecule has 3 aromatic rings. The van der Waals surface area contributed by atoms with E-state index >= 15 is 0 Å². The lowest BCUT2D eigenvalue weighted by Gasteiger charge is -2.26. The summed E-state index contributed by atoms with van der Waals surface area (Å²) in [5, 5.41) is 32.5. The van der Waals surface area contributed by atoms with Gasteiger partial charge >= 0.3 is 0 Å². The van der Waals surface area contributed by atoms with Crippen LogP contribution in [0.25, 0.3) is 11.1 Å². The molecule has 0 unspecified atom stereocenters. The Morgan fingerprint density at radius 1 is 1.13 bits per heavy atom. The number of nitrogens with zero attached hydrogens (tertiary/aromatic N) is 5. The van der Waals surface area contributed by atoms with Crippen LogP contribution in [-0.4, -0.2) is 41.4 Å². The third-order valence-electron chi connectivity index (χ3n) is 4.75. The Morgan fingerprint density at radius 3 is 2.52 bits per heavy atom. The Hall–Kier alpha value is -3.31. The van der Waals surface area contributed by atoms with Crippen molar-refractivity contribution in [1.29, 1.82) is 10.5 Å². The molecule has 2 aromatic heterocycles. The van der Waals surface area contributed by atoms with E-state index in [1.54, 1.807) is 23.5 Å². The van der Waals surface area contributed by atoms with Crippen molar-refractivity contribution in [3.63, 3.8) is 0 Å². The molecule has 0 atom stereocenters. The van der Waals surface area contributed by atoms with Crippen LogP contribution in [0.4, 0.5) is 10.9 Å². The van der Waals surface area contributed by atoms with E-state index < -0.39 is 0 Å². The first-order valence-corrected chi connectivity index (χ1v) is 11.3. The number of benzene rings is 1. The number of phenols is 1. The number of morpholine rings is 1. The summed E-state index contributed by atoms with van der Waals surface area (Å²) in [5.74, 6) is 0.680. The molecule has 10 heteroatoms. The Balaban J connectivity index is 1.63. The van der Waals surface area contributed by atoms with E-state index in [0.717, 1.165) is 23.9 Å². The first-order chi connectivity index (χ1) is 15.1. The van der Waals surface area contributed by atoms with E-state index in [2.05, 4.69) is 22.0 Å². The van der Waals surface area contributed by atoms with Crippen LogP contribution in [0.3, 0.4) is 0 Å². The fourth-order valence-electron chi connectivity index (χ4n) is 3.22. The number of nitriles is 2. The molecule has 1 aliphatic rings. The number of pyridine rings is 1. The molecule has 0 spiro atoms. The van der Waals surface area contributed by atoms with Gasteiger partial charge in [0, 0.05) is 29.8 Å². The molecule has 0 amide bonds. The van der Waals surface area contributed by atoms with E-state index in [1.165, 1.54) is 23.9 Å². The normalized spacial score (nSPS) is 13.5. The van der Waals surface area contributed by atoms with Gasteiger partial charge in [0.15, 0.2) is 5.13 Å². The first-order valence-electron chi connectivity index (χ1n) is 9.43. The quantitative estimate of drug-likeness (QED) is 0.561. The molecule has 1 fully saturated rings. The molecule has 0 radical (unpaired) electrons. The van der Waals surface area contributed by atoms with Crippen LogP contribution < -0.4 is 10.6 Å². The minimum Gasteiger partial charge on any atom is -0.508 e. The maximum Gasteiger partial charge on any atom is 0.185 e. The van der Waals surface area contributed by atoms with Crippen molar-refractivity contribution >= 4 is 34.0 Å². The van der Waals surface area contributed by atoms with Crippen LogP contribution >= 0.6 is 23.1 Å². The Labute approximate surface area is 187 Å². The van der Waals surface area contributed by atoms with Crippen molar-refractivity contribution in [3.05, 3.63) is 46.5 Å². The van der Waals surface area contributed by atoms with Crippen LogP contribution in [0, 0.1) is 22.7 Å². The molecule has 4 rings (SSSR count). The number of nitrogen functional groups attached to an aromatic ring is 1. The summed E-state index contributed by atoms with van der Waals surface area (Å²) in [6, 6.07) is 10.5. The fraction of sp³-hybridized carbons (Fsp3) is 0.238. The van der Waals surface area contributed by atoms with Gasteiger partial charge in [0.25, 0.3) is 0 Å². The number of thiazole rings is 1. The topological polar surface area (TPSA) is 132 Å². The number of aromatic nitrogens is 2. The molecule has 1 aliphatic heterocycles. The number of anilines is 2. The molecule has 3 N–H and O–H groups in total. The Bertz CT molecular complexity index is 1170. The number of rotatable bonds is 5. The lowest BCUT2D eigenvalue weighted by atomic mass is 9.97. The molecule has 0 saturated carbocycles. The highest BCUT2D eigenvalue weighted by Crippen LogP contribution is 2.37. The van der Waals surface area contributed by atoms with Gasteiger partial charge in [-0.3, -0.25) is 0 Å². The monoisotopic (exact) mass is 450 g/mol. The Kier molecular flexibility index (Phi) is 6.23. The van der Waals surface area contributed by atoms with Crippen LogP contribution in [0.2, 0.25) is 0 Å². The summed E-state index contributed by atoms with van der Waals surface area (Å²) < 4.78 is 5.39. The number of hydrogen-bond acceptors (Lipinski definition) is 10. The first kappa shape index (κ1) is 20.9. The molecule has 0 aliphatic carbocycles. The lowest BCUT2D eigenvalue weighted by molar-refractivity contribution is 0.122. The van der Waals surface area contributed by atoms with Gasteiger partial charge in [-0.25, -0.2) is 9.97 Å². The highest BCUT2D eigenvalue weighted by molar-refractivity contribution is 7.98. The summed E-state index contributed by atoms with van der Waals surface area (Å²) in [6.07, 6.45) is 0. The van der Waals surface area contributed by atoms with Crippen LogP contribution in [0.1, 0.15) is 16.8 Å². The van der Waals surface area contributed by atoms with Gasteiger partial charge in [-0.2, -0.15) is 10.5 Å². The number of aromatic hydroxyl groups is 1. The number of nitrogens with two attached hydrogens (primary N) is 1. The smallest absolute Gasteiger partial charge is 0.185 e. The van der Waals surface area contributed by atoms with Gasteiger partial charge in [0.2, 0.25) is 0 Å². The second-order valence-corrected chi connectivity index (χ2v) is 8.51. The van der Waals surface area contributed by atoms with Crippen molar-refractivity contribution in [3.8, 4) is 29.0 Å². The second-order valence-electron chi connectivity index (χ2n) is 6.71. The van der Waals surface area contributed by atoms with Crippen molar-refractivity contribution in [1.82, 2.24) is 9.97 Å². The predicted octanol–water partition coefficient (Wildman–Crippen LogP) is 3.37. The minimum absolute atomic E-state index is 0.0689. The van der Waals surface area contributed by atoms with Crippen molar-refractivity contribution in [2.75, 3.05) is 36.9 Å². The van der Waals surface area contributed by atoms with E-state index in [0.29, 0.717) is 35.1 Å². The largest absolute Gasteiger partial charge is 0.508 e. The molecule has 1 aromatic carbocycles. The zero-order chi connectivity index (χ0) is 21.8. The summed E-state index contributed by atoms with van der Waals surface area (Å²) in [5.41, 5.74) is 8.41.